The highest BCUT2D eigenvalue weighted by molar-refractivity contribution is 5.79. The van der Waals surface area contributed by atoms with Crippen molar-refractivity contribution in [3.8, 4) is 0 Å². The van der Waals surface area contributed by atoms with Gasteiger partial charge < -0.3 is 19.1 Å². The highest BCUT2D eigenvalue weighted by Gasteiger charge is 2.30. The van der Waals surface area contributed by atoms with Crippen LogP contribution in [0.25, 0.3) is 0 Å². The van der Waals surface area contributed by atoms with Gasteiger partial charge in [0.25, 0.3) is 0 Å². The first-order valence-electron chi connectivity index (χ1n) is 9.43. The average molecular weight is 347 g/mol. The number of amides is 1. The Balaban J connectivity index is 1.27. The van der Waals surface area contributed by atoms with Gasteiger partial charge in [0, 0.05) is 19.0 Å². The predicted molar refractivity (Wildman–Crippen MR) is 95.2 cm³/mol. The van der Waals surface area contributed by atoms with Gasteiger partial charge in [-0.05, 0) is 31.2 Å². The number of nitrogens with zero attached hydrogens (tertiary/aromatic N) is 1. The second-order valence-corrected chi connectivity index (χ2v) is 6.82. The molecule has 0 aromatic heterocycles. The van der Waals surface area contributed by atoms with Crippen LogP contribution in [0.1, 0.15) is 31.2 Å². The number of carbonyl (C=O) groups excluding carboxylic acids is 1. The summed E-state index contributed by atoms with van der Waals surface area (Å²) in [6.45, 7) is 4.70. The molecule has 1 aromatic carbocycles. The lowest BCUT2D eigenvalue weighted by molar-refractivity contribution is -0.141. The van der Waals surface area contributed by atoms with E-state index in [2.05, 4.69) is 12.1 Å². The molecular weight excluding hydrogens is 318 g/mol. The van der Waals surface area contributed by atoms with E-state index in [1.54, 1.807) is 0 Å². The standard InChI is InChI=1S/C20H29NO4/c22-20(21-10-12-23-13-11-21)18-6-8-19(9-7-18)25-15-14-24-16-17-4-2-1-3-5-17/h1-5,18-19H,6-16H2. The normalized spacial score (nSPS) is 24.2. The van der Waals surface area contributed by atoms with Crippen LogP contribution in [0.15, 0.2) is 30.3 Å². The largest absolute Gasteiger partial charge is 0.378 e. The van der Waals surface area contributed by atoms with E-state index in [0.29, 0.717) is 38.9 Å². The highest BCUT2D eigenvalue weighted by Crippen LogP contribution is 2.28. The van der Waals surface area contributed by atoms with Crippen molar-refractivity contribution in [3.63, 3.8) is 0 Å². The Morgan fingerprint density at radius 2 is 1.76 bits per heavy atom. The summed E-state index contributed by atoms with van der Waals surface area (Å²) in [5.74, 6) is 0.486. The molecule has 138 valence electrons. The summed E-state index contributed by atoms with van der Waals surface area (Å²) in [6.07, 6.45) is 4.09. The Morgan fingerprint density at radius 3 is 2.48 bits per heavy atom. The first kappa shape index (κ1) is 18.4. The van der Waals surface area contributed by atoms with E-state index in [-0.39, 0.29) is 12.0 Å². The summed E-state index contributed by atoms with van der Waals surface area (Å²) >= 11 is 0. The molecule has 0 radical (unpaired) electrons. The lowest BCUT2D eigenvalue weighted by Crippen LogP contribution is -2.44. The van der Waals surface area contributed by atoms with E-state index in [0.717, 1.165) is 38.8 Å². The number of ether oxygens (including phenoxy) is 3. The monoisotopic (exact) mass is 347 g/mol. The SMILES string of the molecule is O=C(C1CCC(OCCOCc2ccccc2)CC1)N1CCOCC1. The van der Waals surface area contributed by atoms with Crippen LogP contribution in [0.2, 0.25) is 0 Å². The van der Waals surface area contributed by atoms with Gasteiger partial charge in [0.15, 0.2) is 0 Å². The van der Waals surface area contributed by atoms with Crippen molar-refractivity contribution in [2.75, 3.05) is 39.5 Å². The van der Waals surface area contributed by atoms with Gasteiger partial charge in [-0.15, -0.1) is 0 Å². The van der Waals surface area contributed by atoms with Gasteiger partial charge in [-0.3, -0.25) is 4.79 Å². The fraction of sp³-hybridized carbons (Fsp3) is 0.650. The minimum Gasteiger partial charge on any atom is -0.378 e. The smallest absolute Gasteiger partial charge is 0.225 e. The van der Waals surface area contributed by atoms with Gasteiger partial charge in [0.1, 0.15) is 0 Å². The molecule has 2 aliphatic rings. The lowest BCUT2D eigenvalue weighted by Gasteiger charge is -2.33. The molecule has 1 amide bonds. The molecule has 0 atom stereocenters. The maximum absolute atomic E-state index is 12.5. The van der Waals surface area contributed by atoms with Gasteiger partial charge in [0.05, 0.1) is 39.1 Å². The van der Waals surface area contributed by atoms with Crippen LogP contribution in [0.3, 0.4) is 0 Å². The molecule has 3 rings (SSSR count). The molecule has 1 aliphatic carbocycles. The zero-order chi connectivity index (χ0) is 17.3. The van der Waals surface area contributed by atoms with Crippen molar-refractivity contribution in [3.05, 3.63) is 35.9 Å². The lowest BCUT2D eigenvalue weighted by atomic mass is 9.86. The molecule has 1 aliphatic heterocycles. The summed E-state index contributed by atoms with van der Waals surface area (Å²) in [5, 5.41) is 0. The molecule has 5 nitrogen and oxygen atoms in total. The number of rotatable bonds is 7. The van der Waals surface area contributed by atoms with Gasteiger partial charge >= 0.3 is 0 Å². The van der Waals surface area contributed by atoms with Crippen LogP contribution in [0, 0.1) is 5.92 Å². The molecule has 0 unspecified atom stereocenters. The van der Waals surface area contributed by atoms with Gasteiger partial charge in [0.2, 0.25) is 5.91 Å². The van der Waals surface area contributed by atoms with Gasteiger partial charge in [-0.2, -0.15) is 0 Å². The minimum atomic E-state index is 0.173. The second kappa shape index (κ2) is 9.90. The molecule has 5 heteroatoms. The van der Waals surface area contributed by atoms with Crippen molar-refractivity contribution in [2.45, 2.75) is 38.4 Å². The number of hydrogen-bond donors (Lipinski definition) is 0. The molecule has 0 bridgehead atoms. The van der Waals surface area contributed by atoms with Crippen molar-refractivity contribution in [1.29, 1.82) is 0 Å². The Bertz CT molecular complexity index is 508. The van der Waals surface area contributed by atoms with Gasteiger partial charge in [-0.25, -0.2) is 0 Å². The third-order valence-electron chi connectivity index (χ3n) is 5.04. The highest BCUT2D eigenvalue weighted by atomic mass is 16.5. The summed E-state index contributed by atoms with van der Waals surface area (Å²) in [4.78, 5) is 14.5. The Morgan fingerprint density at radius 1 is 1.04 bits per heavy atom. The molecule has 0 N–H and O–H groups in total. The Labute approximate surface area is 150 Å². The minimum absolute atomic E-state index is 0.173. The van der Waals surface area contributed by atoms with Crippen LogP contribution in [-0.4, -0.2) is 56.4 Å². The quantitative estimate of drug-likeness (QED) is 0.712. The first-order chi connectivity index (χ1) is 12.3. The topological polar surface area (TPSA) is 48.0 Å². The van der Waals surface area contributed by atoms with Crippen LogP contribution >= 0.6 is 0 Å². The molecule has 1 aromatic rings. The summed E-state index contributed by atoms with van der Waals surface area (Å²) in [5.41, 5.74) is 1.18. The fourth-order valence-corrected chi connectivity index (χ4v) is 3.56. The number of hydrogen-bond acceptors (Lipinski definition) is 4. The summed E-state index contributed by atoms with van der Waals surface area (Å²) in [7, 11) is 0. The van der Waals surface area contributed by atoms with Crippen molar-refractivity contribution in [1.82, 2.24) is 4.90 Å². The number of morpholine rings is 1. The maximum atomic E-state index is 12.5. The zero-order valence-electron chi connectivity index (χ0n) is 14.9. The number of benzene rings is 1. The molecule has 0 spiro atoms. The van der Waals surface area contributed by atoms with E-state index < -0.39 is 0 Å². The maximum Gasteiger partial charge on any atom is 0.225 e. The van der Waals surface area contributed by atoms with E-state index in [9.17, 15) is 4.79 Å². The Kier molecular flexibility index (Phi) is 7.27. The third kappa shape index (κ3) is 5.80. The van der Waals surface area contributed by atoms with E-state index >= 15 is 0 Å². The van der Waals surface area contributed by atoms with E-state index in [1.807, 2.05) is 23.1 Å². The summed E-state index contributed by atoms with van der Waals surface area (Å²) in [6, 6.07) is 10.2. The summed E-state index contributed by atoms with van der Waals surface area (Å²) < 4.78 is 16.9. The molecule has 25 heavy (non-hydrogen) atoms. The molecule has 1 saturated carbocycles. The van der Waals surface area contributed by atoms with Crippen molar-refractivity contribution < 1.29 is 19.0 Å². The average Bonchev–Trinajstić information content (AvgIpc) is 2.69. The predicted octanol–water partition coefficient (Wildman–Crippen LogP) is 2.64. The van der Waals surface area contributed by atoms with Crippen LogP contribution in [0.4, 0.5) is 0 Å². The molecule has 2 fully saturated rings. The fourth-order valence-electron chi connectivity index (χ4n) is 3.56. The zero-order valence-corrected chi connectivity index (χ0v) is 14.9. The first-order valence-corrected chi connectivity index (χ1v) is 9.43. The second-order valence-electron chi connectivity index (χ2n) is 6.82. The third-order valence-corrected chi connectivity index (χ3v) is 5.04. The molecule has 1 heterocycles. The van der Waals surface area contributed by atoms with Gasteiger partial charge in [-0.1, -0.05) is 30.3 Å². The van der Waals surface area contributed by atoms with E-state index in [1.165, 1.54) is 5.56 Å². The van der Waals surface area contributed by atoms with Crippen molar-refractivity contribution in [2.24, 2.45) is 5.92 Å². The van der Waals surface area contributed by atoms with Crippen LogP contribution < -0.4 is 0 Å². The Hall–Kier alpha value is -1.43. The van der Waals surface area contributed by atoms with E-state index in [4.69, 9.17) is 14.2 Å². The van der Waals surface area contributed by atoms with Crippen LogP contribution in [0.5, 0.6) is 0 Å². The van der Waals surface area contributed by atoms with Crippen LogP contribution in [-0.2, 0) is 25.6 Å². The number of carbonyl (C=O) groups is 1. The van der Waals surface area contributed by atoms with Crippen molar-refractivity contribution >= 4 is 5.91 Å². The molecule has 1 saturated heterocycles. The molecular formula is C20H29NO4.